The zero-order chi connectivity index (χ0) is 12.2. The average Bonchev–Trinajstić information content (AvgIpc) is 2.57. The molecule has 0 spiro atoms. The maximum absolute atomic E-state index is 6.09. The van der Waals surface area contributed by atoms with Crippen LogP contribution >= 0.6 is 11.8 Å². The molecule has 2 N–H and O–H groups in total. The van der Waals surface area contributed by atoms with Crippen LogP contribution in [-0.4, -0.2) is 26.3 Å². The molecule has 0 aliphatic carbocycles. The third-order valence-electron chi connectivity index (χ3n) is 2.29. The Morgan fingerprint density at radius 3 is 2.69 bits per heavy atom. The predicted octanol–water partition coefficient (Wildman–Crippen LogP) is 2.21. The first-order valence-electron chi connectivity index (χ1n) is 5.74. The van der Waals surface area contributed by atoms with Gasteiger partial charge < -0.3 is 5.73 Å². The van der Waals surface area contributed by atoms with E-state index in [2.05, 4.69) is 32.1 Å². The quantitative estimate of drug-likeness (QED) is 0.859. The van der Waals surface area contributed by atoms with Gasteiger partial charge in [0.2, 0.25) is 0 Å². The first-order valence-corrected chi connectivity index (χ1v) is 6.72. The first-order chi connectivity index (χ1) is 7.37. The standard InChI is InChI=1S/C12H23N3S/c1-12(2,3)16-9-11(13)6-5-10-7-14-15(4)8-10/h7-8,11H,5-6,9,13H2,1-4H3. The number of hydrogen-bond acceptors (Lipinski definition) is 3. The summed E-state index contributed by atoms with van der Waals surface area (Å²) in [5.74, 6) is 1.03. The van der Waals surface area contributed by atoms with Crippen LogP contribution in [0.25, 0.3) is 0 Å². The molecule has 1 aromatic heterocycles. The van der Waals surface area contributed by atoms with Crippen LogP contribution in [0.15, 0.2) is 12.4 Å². The summed E-state index contributed by atoms with van der Waals surface area (Å²) in [5.41, 5.74) is 7.36. The maximum Gasteiger partial charge on any atom is 0.0521 e. The molecule has 1 atom stereocenters. The lowest BCUT2D eigenvalue weighted by molar-refractivity contribution is 0.668. The van der Waals surface area contributed by atoms with Crippen molar-refractivity contribution in [3.63, 3.8) is 0 Å². The predicted molar refractivity (Wildman–Crippen MR) is 71.7 cm³/mol. The lowest BCUT2D eigenvalue weighted by Crippen LogP contribution is -2.26. The van der Waals surface area contributed by atoms with E-state index in [1.165, 1.54) is 5.56 Å². The number of thioether (sulfide) groups is 1. The van der Waals surface area contributed by atoms with Crippen LogP contribution in [0, 0.1) is 0 Å². The Morgan fingerprint density at radius 1 is 1.50 bits per heavy atom. The minimum atomic E-state index is 0.282. The molecule has 16 heavy (non-hydrogen) atoms. The molecule has 92 valence electrons. The molecule has 0 aliphatic rings. The van der Waals surface area contributed by atoms with Crippen LogP contribution in [0.5, 0.6) is 0 Å². The molecule has 0 amide bonds. The summed E-state index contributed by atoms with van der Waals surface area (Å²) in [6.07, 6.45) is 6.04. The highest BCUT2D eigenvalue weighted by atomic mass is 32.2. The molecule has 0 saturated heterocycles. The highest BCUT2D eigenvalue weighted by molar-refractivity contribution is 8.00. The number of nitrogens with two attached hydrogens (primary N) is 1. The summed E-state index contributed by atoms with van der Waals surface area (Å²) in [7, 11) is 1.94. The van der Waals surface area contributed by atoms with Gasteiger partial charge >= 0.3 is 0 Å². The molecule has 1 unspecified atom stereocenters. The second-order valence-electron chi connectivity index (χ2n) is 5.24. The Kier molecular flexibility index (Phi) is 4.87. The number of hydrogen-bond donors (Lipinski definition) is 1. The first kappa shape index (κ1) is 13.6. The largest absolute Gasteiger partial charge is 0.327 e. The smallest absolute Gasteiger partial charge is 0.0521 e. The Morgan fingerprint density at radius 2 is 2.19 bits per heavy atom. The monoisotopic (exact) mass is 241 g/mol. The van der Waals surface area contributed by atoms with Crippen LogP contribution in [0.1, 0.15) is 32.8 Å². The topological polar surface area (TPSA) is 43.8 Å². The van der Waals surface area contributed by atoms with Gasteiger partial charge in [0.25, 0.3) is 0 Å². The van der Waals surface area contributed by atoms with E-state index in [4.69, 9.17) is 5.73 Å². The van der Waals surface area contributed by atoms with Crippen molar-refractivity contribution >= 4 is 11.8 Å². The molecule has 3 nitrogen and oxygen atoms in total. The SMILES string of the molecule is Cn1cc(CCC(N)CSC(C)(C)C)cn1. The molecule has 0 bridgehead atoms. The lowest BCUT2D eigenvalue weighted by atomic mass is 10.1. The maximum atomic E-state index is 6.09. The summed E-state index contributed by atoms with van der Waals surface area (Å²) in [6, 6.07) is 0.282. The van der Waals surface area contributed by atoms with Crippen molar-refractivity contribution in [1.82, 2.24) is 9.78 Å². The fraction of sp³-hybridized carbons (Fsp3) is 0.750. The van der Waals surface area contributed by atoms with Gasteiger partial charge in [-0.25, -0.2) is 0 Å². The molecular formula is C12H23N3S. The van der Waals surface area contributed by atoms with Crippen molar-refractivity contribution in [2.24, 2.45) is 12.8 Å². The number of aryl methyl sites for hydroxylation is 2. The third kappa shape index (κ3) is 5.56. The van der Waals surface area contributed by atoms with Crippen LogP contribution in [0.3, 0.4) is 0 Å². The van der Waals surface area contributed by atoms with Crippen molar-refractivity contribution in [3.05, 3.63) is 18.0 Å². The molecule has 4 heteroatoms. The third-order valence-corrected chi connectivity index (χ3v) is 3.75. The summed E-state index contributed by atoms with van der Waals surface area (Å²) in [6.45, 7) is 6.68. The molecule has 1 rings (SSSR count). The number of nitrogens with zero attached hydrogens (tertiary/aromatic N) is 2. The van der Waals surface area contributed by atoms with E-state index < -0.39 is 0 Å². The summed E-state index contributed by atoms with van der Waals surface area (Å²) >= 11 is 1.94. The van der Waals surface area contributed by atoms with Gasteiger partial charge in [0.1, 0.15) is 0 Å². The van der Waals surface area contributed by atoms with Gasteiger partial charge in [0.05, 0.1) is 6.20 Å². The van der Waals surface area contributed by atoms with Gasteiger partial charge in [0, 0.05) is 29.8 Å². The van der Waals surface area contributed by atoms with Gasteiger partial charge in [-0.2, -0.15) is 16.9 Å². The minimum Gasteiger partial charge on any atom is -0.327 e. The van der Waals surface area contributed by atoms with Crippen molar-refractivity contribution in [2.75, 3.05) is 5.75 Å². The van der Waals surface area contributed by atoms with E-state index >= 15 is 0 Å². The second kappa shape index (κ2) is 5.73. The minimum absolute atomic E-state index is 0.282. The molecule has 1 aromatic rings. The van der Waals surface area contributed by atoms with Gasteiger partial charge in [-0.1, -0.05) is 20.8 Å². The summed E-state index contributed by atoms with van der Waals surface area (Å²) in [4.78, 5) is 0. The normalized spacial score (nSPS) is 14.1. The molecule has 0 aromatic carbocycles. The van der Waals surface area contributed by atoms with E-state index in [0.717, 1.165) is 18.6 Å². The van der Waals surface area contributed by atoms with Crippen molar-refractivity contribution in [2.45, 2.75) is 44.4 Å². The van der Waals surface area contributed by atoms with Crippen molar-refractivity contribution < 1.29 is 0 Å². The second-order valence-corrected chi connectivity index (χ2v) is 7.09. The van der Waals surface area contributed by atoms with E-state index in [-0.39, 0.29) is 6.04 Å². The molecule has 0 radical (unpaired) electrons. The van der Waals surface area contributed by atoms with Gasteiger partial charge in [0.15, 0.2) is 0 Å². The number of rotatable bonds is 5. The van der Waals surface area contributed by atoms with Crippen LogP contribution < -0.4 is 5.73 Å². The average molecular weight is 241 g/mol. The Hall–Kier alpha value is -0.480. The van der Waals surface area contributed by atoms with E-state index in [1.807, 2.05) is 29.7 Å². The van der Waals surface area contributed by atoms with Gasteiger partial charge in [-0.3, -0.25) is 4.68 Å². The van der Waals surface area contributed by atoms with E-state index in [1.54, 1.807) is 0 Å². The molecule has 0 aliphatic heterocycles. The van der Waals surface area contributed by atoms with Crippen LogP contribution in [-0.2, 0) is 13.5 Å². The molecule has 0 fully saturated rings. The van der Waals surface area contributed by atoms with Gasteiger partial charge in [-0.15, -0.1) is 0 Å². The fourth-order valence-corrected chi connectivity index (χ4v) is 2.27. The van der Waals surface area contributed by atoms with E-state index in [9.17, 15) is 0 Å². The Bertz CT molecular complexity index is 314. The van der Waals surface area contributed by atoms with Gasteiger partial charge in [-0.05, 0) is 18.4 Å². The van der Waals surface area contributed by atoms with E-state index in [0.29, 0.717) is 4.75 Å². The Labute approximate surface area is 103 Å². The van der Waals surface area contributed by atoms with Crippen molar-refractivity contribution in [3.8, 4) is 0 Å². The van der Waals surface area contributed by atoms with Crippen molar-refractivity contribution in [1.29, 1.82) is 0 Å². The lowest BCUT2D eigenvalue weighted by Gasteiger charge is -2.20. The molecule has 0 saturated carbocycles. The molecule has 1 heterocycles. The number of aromatic nitrogens is 2. The van der Waals surface area contributed by atoms with Crippen LogP contribution in [0.4, 0.5) is 0 Å². The molecular weight excluding hydrogens is 218 g/mol. The summed E-state index contributed by atoms with van der Waals surface area (Å²) in [5, 5.41) is 4.15. The zero-order valence-electron chi connectivity index (χ0n) is 10.7. The highest BCUT2D eigenvalue weighted by Gasteiger charge is 2.13. The fourth-order valence-electron chi connectivity index (χ4n) is 1.39. The Balaban J connectivity index is 2.22. The van der Waals surface area contributed by atoms with Crippen LogP contribution in [0.2, 0.25) is 0 Å². The zero-order valence-corrected chi connectivity index (χ0v) is 11.5. The highest BCUT2D eigenvalue weighted by Crippen LogP contribution is 2.24. The summed E-state index contributed by atoms with van der Waals surface area (Å²) < 4.78 is 2.15.